The number of hydrogen-bond donors (Lipinski definition) is 5. The summed E-state index contributed by atoms with van der Waals surface area (Å²) in [6.45, 7) is 16.0. The van der Waals surface area contributed by atoms with Gasteiger partial charge in [-0.25, -0.2) is 15.0 Å². The van der Waals surface area contributed by atoms with Gasteiger partial charge in [0.05, 0.1) is 22.8 Å². The van der Waals surface area contributed by atoms with Crippen LogP contribution in [0.5, 0.6) is 0 Å². The minimum absolute atomic E-state index is 0.0259. The quantitative estimate of drug-likeness (QED) is 0.119. The monoisotopic (exact) mass is 650 g/mol. The van der Waals surface area contributed by atoms with Crippen molar-refractivity contribution in [2.24, 2.45) is 0 Å². The van der Waals surface area contributed by atoms with E-state index in [4.69, 9.17) is 9.97 Å². The molecule has 0 fully saturated rings. The van der Waals surface area contributed by atoms with E-state index in [-0.39, 0.29) is 12.8 Å². The smallest absolute Gasteiger partial charge is 0.303 e. The molecule has 0 unspecified atom stereocenters. The van der Waals surface area contributed by atoms with Crippen LogP contribution < -0.4 is 5.43 Å². The molecule has 5 N–H and O–H groups in total. The molecule has 0 radical (unpaired) electrons. The van der Waals surface area contributed by atoms with E-state index in [1.165, 1.54) is 0 Å². The first kappa shape index (κ1) is 35.3. The van der Waals surface area contributed by atoms with E-state index in [0.717, 1.165) is 83.7 Å². The van der Waals surface area contributed by atoms with Gasteiger partial charge in [-0.2, -0.15) is 0 Å². The molecular formula is C37H42N6O5. The van der Waals surface area contributed by atoms with Gasteiger partial charge >= 0.3 is 11.9 Å². The average Bonchev–Trinajstić information content (AvgIpc) is 3.68. The van der Waals surface area contributed by atoms with Crippen LogP contribution in [0.1, 0.15) is 78.1 Å². The molecule has 0 spiro atoms. The van der Waals surface area contributed by atoms with E-state index in [0.29, 0.717) is 24.9 Å². The van der Waals surface area contributed by atoms with E-state index in [1.54, 1.807) is 25.2 Å². The molecule has 2 aliphatic heterocycles. The Hall–Kier alpha value is -5.55. The number of aromatic nitrogens is 4. The first-order valence-corrected chi connectivity index (χ1v) is 15.5. The molecule has 5 rings (SSSR count). The van der Waals surface area contributed by atoms with Crippen LogP contribution in [0.15, 0.2) is 43.5 Å². The Bertz CT molecular complexity index is 2040. The van der Waals surface area contributed by atoms with Gasteiger partial charge < -0.3 is 20.2 Å². The zero-order valence-corrected chi connectivity index (χ0v) is 28.2. The topological polar surface area (TPSA) is 164 Å². The number of hydrogen-bond acceptors (Lipinski definition) is 6. The van der Waals surface area contributed by atoms with Crippen LogP contribution in [0.2, 0.25) is 0 Å². The second-order valence-corrected chi connectivity index (χ2v) is 11.9. The fourth-order valence-electron chi connectivity index (χ4n) is 5.87. The van der Waals surface area contributed by atoms with Gasteiger partial charge in [0.2, 0.25) is 6.41 Å². The molecule has 11 nitrogen and oxygen atoms in total. The van der Waals surface area contributed by atoms with Gasteiger partial charge in [0.15, 0.2) is 0 Å². The summed E-state index contributed by atoms with van der Waals surface area (Å²) in [7, 11) is 3.49. The summed E-state index contributed by atoms with van der Waals surface area (Å²) in [5.74, 6) is -1.76. The van der Waals surface area contributed by atoms with Crippen molar-refractivity contribution in [1.29, 1.82) is 0 Å². The predicted molar refractivity (Wildman–Crippen MR) is 191 cm³/mol. The highest BCUT2D eigenvalue weighted by Crippen LogP contribution is 2.36. The van der Waals surface area contributed by atoms with Crippen molar-refractivity contribution in [2.45, 2.75) is 53.4 Å². The van der Waals surface area contributed by atoms with Crippen LogP contribution in [0.25, 0.3) is 50.4 Å². The van der Waals surface area contributed by atoms with Crippen molar-refractivity contribution < 1.29 is 24.6 Å². The first-order chi connectivity index (χ1) is 22.8. The molecular weight excluding hydrogens is 608 g/mol. The lowest BCUT2D eigenvalue weighted by molar-refractivity contribution is -0.137. The minimum atomic E-state index is -0.883. The van der Waals surface area contributed by atoms with E-state index >= 15 is 0 Å². The van der Waals surface area contributed by atoms with E-state index < -0.39 is 11.9 Å². The first-order valence-electron chi connectivity index (χ1n) is 15.5. The van der Waals surface area contributed by atoms with Crippen molar-refractivity contribution in [2.75, 3.05) is 14.1 Å². The lowest BCUT2D eigenvalue weighted by Gasteiger charge is -2.03. The lowest BCUT2D eigenvalue weighted by atomic mass is 10.0. The van der Waals surface area contributed by atoms with Crippen LogP contribution >= 0.6 is 0 Å². The lowest BCUT2D eigenvalue weighted by Crippen LogP contribution is -2.28. The molecule has 0 atom stereocenters. The van der Waals surface area contributed by atoms with Crippen molar-refractivity contribution >= 4 is 68.8 Å². The fourth-order valence-corrected chi connectivity index (χ4v) is 5.87. The molecule has 0 aliphatic carbocycles. The summed E-state index contributed by atoms with van der Waals surface area (Å²) in [4.78, 5) is 49.5. The Balaban J connectivity index is 0.000000794. The number of carboxylic acids is 2. The maximum atomic E-state index is 11.5. The molecule has 0 saturated carbocycles. The maximum Gasteiger partial charge on any atom is 0.303 e. The maximum absolute atomic E-state index is 11.5. The van der Waals surface area contributed by atoms with Gasteiger partial charge in [-0.15, -0.1) is 0 Å². The highest BCUT2D eigenvalue weighted by Gasteiger charge is 2.21. The zero-order valence-electron chi connectivity index (χ0n) is 28.2. The third-order valence-corrected chi connectivity index (χ3v) is 8.53. The molecule has 0 saturated heterocycles. The van der Waals surface area contributed by atoms with Crippen LogP contribution in [0, 0.1) is 13.8 Å². The van der Waals surface area contributed by atoms with Crippen molar-refractivity contribution in [3.05, 3.63) is 88.5 Å². The van der Waals surface area contributed by atoms with Crippen LogP contribution in [-0.2, 0) is 20.8 Å². The number of fused-ring (bicyclic) bond motifs is 8. The van der Waals surface area contributed by atoms with Crippen molar-refractivity contribution in [3.63, 3.8) is 0 Å². The molecule has 2 aliphatic rings. The van der Waals surface area contributed by atoms with Gasteiger partial charge in [-0.05, 0) is 98.2 Å². The Morgan fingerprint density at radius 3 is 1.90 bits per heavy atom. The van der Waals surface area contributed by atoms with Gasteiger partial charge in [0.25, 0.3) is 0 Å². The third-order valence-electron chi connectivity index (χ3n) is 8.53. The van der Waals surface area contributed by atoms with Crippen LogP contribution in [-0.4, -0.2) is 67.6 Å². The van der Waals surface area contributed by atoms with E-state index in [2.05, 4.69) is 28.6 Å². The number of carboxylic acid groups (broad SMARTS) is 2. The summed E-state index contributed by atoms with van der Waals surface area (Å²) in [6, 6.07) is 7.88. The molecule has 3 aromatic rings. The Morgan fingerprint density at radius 1 is 0.771 bits per heavy atom. The number of aliphatic carboxylic acids is 2. The van der Waals surface area contributed by atoms with Gasteiger partial charge in [0, 0.05) is 60.1 Å². The minimum Gasteiger partial charge on any atom is -0.481 e. The molecule has 1 amide bonds. The molecule has 0 aromatic carbocycles. The molecule has 8 bridgehead atoms. The normalized spacial score (nSPS) is 12.5. The summed E-state index contributed by atoms with van der Waals surface area (Å²) < 4.78 is 0. The number of carbonyl (C=O) groups excluding carboxylic acids is 1. The summed E-state index contributed by atoms with van der Waals surface area (Å²) in [5.41, 5.74) is 16.1. The second kappa shape index (κ2) is 14.9. The van der Waals surface area contributed by atoms with E-state index in [1.807, 2.05) is 58.0 Å². The molecule has 5 heterocycles. The number of aryl methyl sites for hydroxylation is 3. The van der Waals surface area contributed by atoms with Gasteiger partial charge in [-0.3, -0.25) is 19.8 Å². The van der Waals surface area contributed by atoms with Crippen molar-refractivity contribution in [1.82, 2.24) is 30.4 Å². The Labute approximate surface area is 279 Å². The van der Waals surface area contributed by atoms with Crippen LogP contribution in [0.4, 0.5) is 0 Å². The zero-order chi connectivity index (χ0) is 35.3. The number of allylic oxidation sites excluding steroid dienone is 5. The highest BCUT2D eigenvalue weighted by molar-refractivity contribution is 5.98. The number of carbonyl (C=O) groups is 3. The predicted octanol–water partition coefficient (Wildman–Crippen LogP) is 6.71. The number of H-pyrrole nitrogens is 2. The molecule has 3 aromatic heterocycles. The van der Waals surface area contributed by atoms with Crippen molar-refractivity contribution in [3.8, 4) is 0 Å². The Morgan fingerprint density at radius 2 is 1.31 bits per heavy atom. The number of hydrazine groups is 1. The molecule has 250 valence electrons. The second-order valence-electron chi connectivity index (χ2n) is 11.9. The summed E-state index contributed by atoms with van der Waals surface area (Å²) in [5, 5.41) is 20.5. The Kier molecular flexibility index (Phi) is 11.0. The SMILES string of the molecule is C=CC1=C(C)c2cc3[nH]c(cc4nc(cc5[nH]c(cc1n2)c(C)c5CCC(=O)O)C(CCC(=O)O)=C4C)c(C)c3C=C.CN(C)NC=O. The average molecular weight is 651 g/mol. The molecule has 11 heteroatoms. The van der Waals surface area contributed by atoms with E-state index in [9.17, 15) is 24.6 Å². The van der Waals surface area contributed by atoms with Gasteiger partial charge in [-0.1, -0.05) is 25.3 Å². The summed E-state index contributed by atoms with van der Waals surface area (Å²) >= 11 is 0. The number of nitrogens with one attached hydrogen (secondary N) is 3. The van der Waals surface area contributed by atoms with Crippen LogP contribution in [0.3, 0.4) is 0 Å². The number of aromatic amines is 2. The molecule has 48 heavy (non-hydrogen) atoms. The van der Waals surface area contributed by atoms with Gasteiger partial charge in [0.1, 0.15) is 0 Å². The third kappa shape index (κ3) is 7.53. The standard InChI is InChI=1S/C34H34N4O4.C3H8N2O/c1-7-21-17(3)25-13-26-19(5)23(9-11-33(39)40)31(37-26)16-32-24(10-12-34(41)42)20(6)28(38-32)15-30-22(8-2)18(4)27(36-30)14-29(21)35-25;1-5(2)4-3-6/h7-8,13-16,35,38H,1-2,9-12H2,3-6H3,(H,39,40)(H,41,42);3H,1-2H3,(H,4,6). The summed E-state index contributed by atoms with van der Waals surface area (Å²) in [6.07, 6.45) is 4.85. The number of nitrogens with zero attached hydrogens (tertiary/aromatic N) is 3. The fraction of sp³-hybridized carbons (Fsp3) is 0.270. The number of rotatable bonds is 10. The largest absolute Gasteiger partial charge is 0.481 e. The highest BCUT2D eigenvalue weighted by atomic mass is 16.4. The number of amides is 1.